The molecule has 0 aliphatic heterocycles. The Morgan fingerprint density at radius 3 is 2.60 bits per heavy atom. The van der Waals surface area contributed by atoms with Gasteiger partial charge in [-0.05, 0) is 45.0 Å². The summed E-state index contributed by atoms with van der Waals surface area (Å²) in [6.07, 6.45) is 1.63. The van der Waals surface area contributed by atoms with Gasteiger partial charge in [0.1, 0.15) is 5.82 Å². The number of hydrogen-bond donors (Lipinski definition) is 0. The fourth-order valence-electron chi connectivity index (χ4n) is 2.02. The standard InChI is InChI=1S/C16H19N3O/c1-4-19(11-15-7-5-6-12(2)18-15)16-9-8-14(10-17-16)13(3)20/h5-10H,4,11H2,1-3H3. The van der Waals surface area contributed by atoms with Gasteiger partial charge >= 0.3 is 0 Å². The number of carbonyl (C=O) groups excluding carboxylic acids is 1. The molecule has 0 unspecified atom stereocenters. The van der Waals surface area contributed by atoms with Gasteiger partial charge in [0, 0.05) is 24.0 Å². The van der Waals surface area contributed by atoms with Crippen molar-refractivity contribution < 1.29 is 4.79 Å². The number of pyridine rings is 2. The van der Waals surface area contributed by atoms with Crippen LogP contribution in [0, 0.1) is 6.92 Å². The quantitative estimate of drug-likeness (QED) is 0.783. The molecule has 0 saturated carbocycles. The summed E-state index contributed by atoms with van der Waals surface area (Å²) >= 11 is 0. The first-order valence-electron chi connectivity index (χ1n) is 6.74. The van der Waals surface area contributed by atoms with Gasteiger partial charge < -0.3 is 4.90 Å². The van der Waals surface area contributed by atoms with E-state index in [4.69, 9.17) is 0 Å². The van der Waals surface area contributed by atoms with E-state index < -0.39 is 0 Å². The maximum Gasteiger partial charge on any atom is 0.161 e. The number of ketones is 1. The van der Waals surface area contributed by atoms with Crippen LogP contribution in [0.1, 0.15) is 35.6 Å². The van der Waals surface area contributed by atoms with Crippen LogP contribution in [-0.4, -0.2) is 22.3 Å². The van der Waals surface area contributed by atoms with Crippen LogP contribution in [0.15, 0.2) is 36.5 Å². The second-order valence-corrected chi connectivity index (χ2v) is 4.75. The van der Waals surface area contributed by atoms with Crippen molar-refractivity contribution in [3.8, 4) is 0 Å². The molecule has 2 aromatic heterocycles. The molecule has 0 saturated heterocycles. The largest absolute Gasteiger partial charge is 0.351 e. The van der Waals surface area contributed by atoms with Crippen molar-refractivity contribution >= 4 is 11.6 Å². The average Bonchev–Trinajstić information content (AvgIpc) is 2.45. The molecule has 0 radical (unpaired) electrons. The maximum absolute atomic E-state index is 11.3. The van der Waals surface area contributed by atoms with E-state index in [1.54, 1.807) is 13.1 Å². The lowest BCUT2D eigenvalue weighted by Crippen LogP contribution is -2.23. The van der Waals surface area contributed by atoms with Crippen LogP contribution in [0.3, 0.4) is 0 Å². The molecular formula is C16H19N3O. The molecule has 2 heterocycles. The molecule has 4 nitrogen and oxygen atoms in total. The first-order valence-corrected chi connectivity index (χ1v) is 6.74. The number of Topliss-reactive ketones (excluding diaryl/α,β-unsaturated/α-hetero) is 1. The van der Waals surface area contributed by atoms with Crippen LogP contribution in [-0.2, 0) is 6.54 Å². The molecule has 20 heavy (non-hydrogen) atoms. The first kappa shape index (κ1) is 14.2. The van der Waals surface area contributed by atoms with E-state index >= 15 is 0 Å². The Kier molecular flexibility index (Phi) is 4.45. The number of carbonyl (C=O) groups is 1. The highest BCUT2D eigenvalue weighted by molar-refractivity contribution is 5.93. The Hall–Kier alpha value is -2.23. The average molecular weight is 269 g/mol. The second kappa shape index (κ2) is 6.28. The molecule has 2 rings (SSSR count). The van der Waals surface area contributed by atoms with Gasteiger partial charge in [-0.2, -0.15) is 0 Å². The third-order valence-electron chi connectivity index (χ3n) is 3.16. The van der Waals surface area contributed by atoms with Gasteiger partial charge in [-0.3, -0.25) is 9.78 Å². The van der Waals surface area contributed by atoms with Crippen LogP contribution < -0.4 is 4.90 Å². The van der Waals surface area contributed by atoms with Gasteiger partial charge in [0.15, 0.2) is 5.78 Å². The highest BCUT2D eigenvalue weighted by Crippen LogP contribution is 2.14. The third kappa shape index (κ3) is 3.41. The van der Waals surface area contributed by atoms with Gasteiger partial charge in [0.25, 0.3) is 0 Å². The Bertz CT molecular complexity index is 593. The van der Waals surface area contributed by atoms with Crippen LogP contribution in [0.2, 0.25) is 0 Å². The highest BCUT2D eigenvalue weighted by Gasteiger charge is 2.08. The maximum atomic E-state index is 11.3. The predicted octanol–water partition coefficient (Wildman–Crippen LogP) is 3.01. The number of nitrogens with zero attached hydrogens (tertiary/aromatic N) is 3. The predicted molar refractivity (Wildman–Crippen MR) is 79.9 cm³/mol. The minimum atomic E-state index is 0.0347. The molecule has 4 heteroatoms. The number of aryl methyl sites for hydroxylation is 1. The smallest absolute Gasteiger partial charge is 0.161 e. The summed E-state index contributed by atoms with van der Waals surface area (Å²) in [6, 6.07) is 9.71. The normalized spacial score (nSPS) is 10.3. The van der Waals surface area contributed by atoms with Crippen molar-refractivity contribution in [2.45, 2.75) is 27.3 Å². The second-order valence-electron chi connectivity index (χ2n) is 4.75. The molecule has 0 spiro atoms. The van der Waals surface area contributed by atoms with E-state index in [9.17, 15) is 4.79 Å². The van der Waals surface area contributed by atoms with Gasteiger partial charge in [0.2, 0.25) is 0 Å². The topological polar surface area (TPSA) is 46.1 Å². The van der Waals surface area contributed by atoms with Crippen LogP contribution in [0.4, 0.5) is 5.82 Å². The summed E-state index contributed by atoms with van der Waals surface area (Å²) in [5, 5.41) is 0. The van der Waals surface area contributed by atoms with Crippen molar-refractivity contribution in [1.82, 2.24) is 9.97 Å². The molecule has 0 aromatic carbocycles. The van der Waals surface area contributed by atoms with Crippen molar-refractivity contribution in [2.75, 3.05) is 11.4 Å². The lowest BCUT2D eigenvalue weighted by molar-refractivity contribution is 0.101. The minimum Gasteiger partial charge on any atom is -0.351 e. The Morgan fingerprint density at radius 2 is 2.05 bits per heavy atom. The third-order valence-corrected chi connectivity index (χ3v) is 3.16. The molecule has 0 aliphatic carbocycles. The Balaban J connectivity index is 2.17. The molecular weight excluding hydrogens is 250 g/mol. The van der Waals surface area contributed by atoms with E-state index in [0.29, 0.717) is 12.1 Å². The number of rotatable bonds is 5. The van der Waals surface area contributed by atoms with Crippen molar-refractivity contribution in [3.63, 3.8) is 0 Å². The van der Waals surface area contributed by atoms with E-state index in [-0.39, 0.29) is 5.78 Å². The zero-order valence-corrected chi connectivity index (χ0v) is 12.1. The lowest BCUT2D eigenvalue weighted by atomic mass is 10.2. The molecule has 2 aromatic rings. The number of aromatic nitrogens is 2. The molecule has 0 aliphatic rings. The summed E-state index contributed by atoms with van der Waals surface area (Å²) in [5.41, 5.74) is 2.67. The fourth-order valence-corrected chi connectivity index (χ4v) is 2.02. The monoisotopic (exact) mass is 269 g/mol. The molecule has 0 N–H and O–H groups in total. The highest BCUT2D eigenvalue weighted by atomic mass is 16.1. The van der Waals surface area contributed by atoms with Crippen molar-refractivity contribution in [2.24, 2.45) is 0 Å². The Morgan fingerprint density at radius 1 is 1.25 bits per heavy atom. The minimum absolute atomic E-state index is 0.0347. The molecule has 104 valence electrons. The van der Waals surface area contributed by atoms with Gasteiger partial charge in [0.05, 0.1) is 12.2 Å². The van der Waals surface area contributed by atoms with Gasteiger partial charge in [-0.15, -0.1) is 0 Å². The summed E-state index contributed by atoms with van der Waals surface area (Å²) in [6.45, 7) is 7.16. The molecule has 0 fully saturated rings. The van der Waals surface area contributed by atoms with Crippen LogP contribution in [0.25, 0.3) is 0 Å². The number of hydrogen-bond acceptors (Lipinski definition) is 4. The van der Waals surface area contributed by atoms with E-state index in [2.05, 4.69) is 21.8 Å². The van der Waals surface area contributed by atoms with E-state index in [1.807, 2.05) is 37.3 Å². The summed E-state index contributed by atoms with van der Waals surface area (Å²) in [7, 11) is 0. The molecule has 0 bridgehead atoms. The van der Waals surface area contributed by atoms with Gasteiger partial charge in [-0.25, -0.2) is 4.98 Å². The van der Waals surface area contributed by atoms with Crippen LogP contribution >= 0.6 is 0 Å². The molecule has 0 amide bonds. The summed E-state index contributed by atoms with van der Waals surface area (Å²) in [4.78, 5) is 22.3. The van der Waals surface area contributed by atoms with Gasteiger partial charge in [-0.1, -0.05) is 6.07 Å². The summed E-state index contributed by atoms with van der Waals surface area (Å²) in [5.74, 6) is 0.897. The summed E-state index contributed by atoms with van der Waals surface area (Å²) < 4.78 is 0. The molecule has 0 atom stereocenters. The van der Waals surface area contributed by atoms with Crippen LogP contribution in [0.5, 0.6) is 0 Å². The van der Waals surface area contributed by atoms with E-state index in [1.165, 1.54) is 0 Å². The van der Waals surface area contributed by atoms with Crippen molar-refractivity contribution in [3.05, 3.63) is 53.5 Å². The van der Waals surface area contributed by atoms with Crippen molar-refractivity contribution in [1.29, 1.82) is 0 Å². The SMILES string of the molecule is CCN(Cc1cccc(C)n1)c1ccc(C(C)=O)cn1. The Labute approximate surface area is 119 Å². The zero-order valence-electron chi connectivity index (χ0n) is 12.1. The zero-order chi connectivity index (χ0) is 14.5. The fraction of sp³-hybridized carbons (Fsp3) is 0.312. The lowest BCUT2D eigenvalue weighted by Gasteiger charge is -2.21. The first-order chi connectivity index (χ1) is 9.60. The number of anilines is 1. The van der Waals surface area contributed by atoms with E-state index in [0.717, 1.165) is 23.8 Å².